The van der Waals surface area contributed by atoms with E-state index in [0.717, 1.165) is 12.1 Å². The Hall–Kier alpha value is -1.27. The Balaban J connectivity index is 0.00000256. The second kappa shape index (κ2) is 8.70. The monoisotopic (exact) mass is 483 g/mol. The molecule has 2 aliphatic heterocycles. The van der Waals surface area contributed by atoms with Gasteiger partial charge in [-0.2, -0.15) is 10.6 Å². The highest BCUT2D eigenvalue weighted by molar-refractivity contribution is 8.23. The highest BCUT2D eigenvalue weighted by atomic mass is 35.5. The molecule has 1 saturated heterocycles. The molecule has 30 heavy (non-hydrogen) atoms. The number of fused-ring (bicyclic) bond motifs is 1. The molecule has 2 aromatic rings. The third-order valence-electron chi connectivity index (χ3n) is 5.20. The molecule has 0 bridgehead atoms. The van der Waals surface area contributed by atoms with Crippen molar-refractivity contribution in [2.24, 2.45) is 0 Å². The average molecular weight is 484 g/mol. The summed E-state index contributed by atoms with van der Waals surface area (Å²) in [6.07, 6.45) is -1.18. The van der Waals surface area contributed by atoms with Gasteiger partial charge in [-0.15, -0.1) is 12.4 Å². The van der Waals surface area contributed by atoms with E-state index in [1.807, 2.05) is 0 Å². The Bertz CT molecular complexity index is 958. The third kappa shape index (κ3) is 4.50. The average Bonchev–Trinajstić information content (AvgIpc) is 2.87. The van der Waals surface area contributed by atoms with Gasteiger partial charge in [0.15, 0.2) is 5.82 Å². The maximum Gasteiger partial charge on any atom is 0.164 e. The fourth-order valence-corrected chi connectivity index (χ4v) is 5.33. The molecule has 2 aliphatic rings. The molecular weight excluding hydrogens is 463 g/mol. The lowest BCUT2D eigenvalue weighted by Crippen LogP contribution is -2.27. The van der Waals surface area contributed by atoms with Gasteiger partial charge in [-0.3, -0.25) is 9.11 Å². The van der Waals surface area contributed by atoms with E-state index in [0.29, 0.717) is 30.2 Å². The van der Waals surface area contributed by atoms with Crippen molar-refractivity contribution in [1.29, 1.82) is 0 Å². The molecule has 0 spiro atoms. The Labute approximate surface area is 184 Å². The lowest BCUT2D eigenvalue weighted by molar-refractivity contribution is 0.0187. The van der Waals surface area contributed by atoms with E-state index in [-0.39, 0.29) is 53.2 Å². The number of benzene rings is 1. The largest absolute Gasteiger partial charge is 0.390 e. The van der Waals surface area contributed by atoms with E-state index < -0.39 is 34.4 Å². The number of hydrogen-bond donors (Lipinski definition) is 4. The van der Waals surface area contributed by atoms with Crippen molar-refractivity contribution in [2.45, 2.75) is 36.6 Å². The van der Waals surface area contributed by atoms with Crippen molar-refractivity contribution < 1.29 is 28.1 Å². The summed E-state index contributed by atoms with van der Waals surface area (Å²) >= 11 is 5.63. The van der Waals surface area contributed by atoms with E-state index in [2.05, 4.69) is 9.97 Å². The summed E-state index contributed by atoms with van der Waals surface area (Å²) in [5.41, 5.74) is 0.716. The first-order valence-corrected chi connectivity index (χ1v) is 11.3. The summed E-state index contributed by atoms with van der Waals surface area (Å²) in [4.78, 5) is 10.5. The molecule has 0 aliphatic carbocycles. The van der Waals surface area contributed by atoms with Crippen molar-refractivity contribution >= 4 is 40.4 Å². The quantitative estimate of drug-likeness (QED) is 0.483. The second-order valence-corrected chi connectivity index (χ2v) is 9.92. The van der Waals surface area contributed by atoms with Crippen molar-refractivity contribution in [3.8, 4) is 11.4 Å². The maximum atomic E-state index is 14.5. The zero-order valence-electron chi connectivity index (χ0n) is 15.6. The van der Waals surface area contributed by atoms with E-state index in [1.54, 1.807) is 4.90 Å². The standard InChI is InChI=1S/C18H20ClF2N3O4S.ClH/c19-11-6-12(20)9(5-13(11)21)17-22-14-8-29(27,28)7-10(14)18(23-17)24-3-1-15(25)16(26)2-4-24;/h5-6,15-16,25-28H,1-4,7-8H2;1H/t15-,16+;. The molecule has 1 fully saturated rings. The molecule has 2 atom stereocenters. The van der Waals surface area contributed by atoms with Crippen molar-refractivity contribution in [1.82, 2.24) is 9.97 Å². The van der Waals surface area contributed by atoms with Gasteiger partial charge in [0, 0.05) is 18.7 Å². The van der Waals surface area contributed by atoms with E-state index in [9.17, 15) is 28.1 Å². The number of halogens is 4. The second-order valence-electron chi connectivity index (χ2n) is 7.33. The van der Waals surface area contributed by atoms with Gasteiger partial charge in [0.2, 0.25) is 0 Å². The van der Waals surface area contributed by atoms with Crippen LogP contribution in [0.3, 0.4) is 0 Å². The number of anilines is 1. The maximum absolute atomic E-state index is 14.5. The van der Waals surface area contributed by atoms with Crippen molar-refractivity contribution in [3.63, 3.8) is 0 Å². The summed E-state index contributed by atoms with van der Waals surface area (Å²) in [5, 5.41) is 19.5. The molecule has 1 aromatic heterocycles. The van der Waals surface area contributed by atoms with Crippen LogP contribution in [0.15, 0.2) is 12.1 Å². The number of hydrogen-bond acceptors (Lipinski definition) is 7. The van der Waals surface area contributed by atoms with E-state index in [4.69, 9.17) is 11.6 Å². The fourth-order valence-electron chi connectivity index (χ4n) is 3.65. The van der Waals surface area contributed by atoms with Gasteiger partial charge < -0.3 is 15.1 Å². The number of rotatable bonds is 2. The van der Waals surface area contributed by atoms with Gasteiger partial charge in [-0.1, -0.05) is 11.6 Å². The highest BCUT2D eigenvalue weighted by Gasteiger charge is 2.34. The smallest absolute Gasteiger partial charge is 0.164 e. The number of nitrogens with zero attached hydrogens (tertiary/aromatic N) is 3. The first-order chi connectivity index (χ1) is 13.6. The zero-order valence-corrected chi connectivity index (χ0v) is 18.0. The molecule has 0 amide bonds. The van der Waals surface area contributed by atoms with Crippen LogP contribution in [0.4, 0.5) is 14.6 Å². The summed E-state index contributed by atoms with van der Waals surface area (Å²) < 4.78 is 48.8. The van der Waals surface area contributed by atoms with Gasteiger partial charge in [0.25, 0.3) is 0 Å². The topological polar surface area (TPSA) is 110 Å². The molecule has 3 heterocycles. The summed E-state index contributed by atoms with van der Waals surface area (Å²) in [6, 6.07) is 1.75. The first kappa shape index (κ1) is 23.4. The summed E-state index contributed by atoms with van der Waals surface area (Å²) in [5.74, 6) is -1.46. The van der Waals surface area contributed by atoms with Crippen LogP contribution in [-0.4, -0.2) is 54.6 Å². The van der Waals surface area contributed by atoms with Crippen LogP contribution in [0.5, 0.6) is 0 Å². The van der Waals surface area contributed by atoms with Crippen molar-refractivity contribution in [2.75, 3.05) is 18.0 Å². The Morgan fingerprint density at radius 2 is 1.63 bits per heavy atom. The first-order valence-electron chi connectivity index (χ1n) is 9.04. The SMILES string of the molecule is Cl.O[C@@H]1CCN(c2nc(-c3cc(F)c(Cl)cc3F)nc3c2CS(O)(O)C3)CC[C@@H]1O. The van der Waals surface area contributed by atoms with Crippen LogP contribution >= 0.6 is 34.6 Å². The minimum absolute atomic E-state index is 0. The van der Waals surface area contributed by atoms with Crippen LogP contribution in [0, 0.1) is 11.6 Å². The van der Waals surface area contributed by atoms with Crippen LogP contribution in [0.2, 0.25) is 5.02 Å². The number of aromatic nitrogens is 2. The third-order valence-corrected chi connectivity index (χ3v) is 6.97. The molecule has 0 radical (unpaired) electrons. The molecule has 1 aromatic carbocycles. The minimum Gasteiger partial charge on any atom is -0.390 e. The van der Waals surface area contributed by atoms with E-state index >= 15 is 0 Å². The van der Waals surface area contributed by atoms with Crippen LogP contribution in [0.25, 0.3) is 11.4 Å². The van der Waals surface area contributed by atoms with Crippen LogP contribution in [0.1, 0.15) is 24.1 Å². The molecule has 166 valence electrons. The van der Waals surface area contributed by atoms with Crippen LogP contribution in [-0.2, 0) is 11.5 Å². The molecular formula is C18H21Cl2F2N3O4S. The molecule has 0 saturated carbocycles. The predicted octanol–water partition coefficient (Wildman–Crippen LogP) is 3.58. The number of aliphatic hydroxyl groups excluding tert-OH is 2. The van der Waals surface area contributed by atoms with Crippen molar-refractivity contribution in [3.05, 3.63) is 40.0 Å². The lowest BCUT2D eigenvalue weighted by atomic mass is 10.1. The molecule has 0 unspecified atom stereocenters. The van der Waals surface area contributed by atoms with Gasteiger partial charge in [0.1, 0.15) is 17.5 Å². The normalized spacial score (nSPS) is 24.0. The molecule has 4 rings (SSSR count). The summed E-state index contributed by atoms with van der Waals surface area (Å²) in [7, 11) is -2.94. The van der Waals surface area contributed by atoms with Gasteiger partial charge >= 0.3 is 0 Å². The Kier molecular flexibility index (Phi) is 6.78. The minimum atomic E-state index is -2.94. The van der Waals surface area contributed by atoms with Gasteiger partial charge in [-0.25, -0.2) is 18.7 Å². The molecule has 4 N–H and O–H groups in total. The fraction of sp³-hybridized carbons (Fsp3) is 0.444. The zero-order chi connectivity index (χ0) is 20.9. The van der Waals surface area contributed by atoms with Gasteiger partial charge in [-0.05, 0) is 25.0 Å². The predicted molar refractivity (Wildman–Crippen MR) is 113 cm³/mol. The Morgan fingerprint density at radius 1 is 1.00 bits per heavy atom. The molecule has 7 nitrogen and oxygen atoms in total. The number of aliphatic hydroxyl groups is 2. The van der Waals surface area contributed by atoms with Gasteiger partial charge in [0.05, 0.1) is 40.0 Å². The Morgan fingerprint density at radius 3 is 2.27 bits per heavy atom. The van der Waals surface area contributed by atoms with E-state index in [1.165, 1.54) is 0 Å². The summed E-state index contributed by atoms with van der Waals surface area (Å²) in [6.45, 7) is 0.718. The molecule has 12 heteroatoms. The van der Waals surface area contributed by atoms with Crippen LogP contribution < -0.4 is 4.90 Å². The lowest BCUT2D eigenvalue weighted by Gasteiger charge is -2.26. The highest BCUT2D eigenvalue weighted by Crippen LogP contribution is 2.54.